The lowest BCUT2D eigenvalue weighted by Crippen LogP contribution is -2.40. The van der Waals surface area contributed by atoms with Gasteiger partial charge in [0.05, 0.1) is 12.1 Å². The Balaban J connectivity index is 1.26. The molecule has 1 amide bonds. The number of carbonyl (C=O) groups excluding carboxylic acids is 2. The predicted molar refractivity (Wildman–Crippen MR) is 151 cm³/mol. The Labute approximate surface area is 240 Å². The Morgan fingerprint density at radius 3 is 2.29 bits per heavy atom. The highest BCUT2D eigenvalue weighted by molar-refractivity contribution is 5.81. The first-order valence-electron chi connectivity index (χ1n) is 15.0. The Morgan fingerprint density at radius 1 is 0.951 bits per heavy atom. The summed E-state index contributed by atoms with van der Waals surface area (Å²) in [7, 11) is 0. The quantitative estimate of drug-likeness (QED) is 0.233. The molecule has 224 valence electrons. The second-order valence-electron chi connectivity index (χ2n) is 11.8. The van der Waals surface area contributed by atoms with E-state index in [-0.39, 0.29) is 62.1 Å². The normalized spacial score (nSPS) is 22.1. The molecule has 2 fully saturated rings. The van der Waals surface area contributed by atoms with Gasteiger partial charge in [-0.2, -0.15) is 0 Å². The lowest BCUT2D eigenvalue weighted by atomic mass is 9.83. The molecule has 2 aliphatic rings. The molecule has 2 aliphatic carbocycles. The fraction of sp³-hybridized carbons (Fsp3) is 0.576. The largest absolute Gasteiger partial charge is 0.489 e. The third kappa shape index (κ3) is 9.87. The zero-order valence-electron chi connectivity index (χ0n) is 23.6. The number of benzene rings is 2. The van der Waals surface area contributed by atoms with Gasteiger partial charge in [-0.1, -0.05) is 42.5 Å². The molecule has 0 aliphatic heterocycles. The highest BCUT2D eigenvalue weighted by Gasteiger charge is 2.37. The molecular formula is C33H42F3NO4. The Hall–Kier alpha value is -2.87. The summed E-state index contributed by atoms with van der Waals surface area (Å²) in [5.74, 6) is -2.43. The molecule has 2 saturated carbocycles. The number of hydrogen-bond donors (Lipinski definition) is 2. The van der Waals surface area contributed by atoms with Gasteiger partial charge in [0.1, 0.15) is 24.3 Å². The fourth-order valence-electron chi connectivity index (χ4n) is 6.02. The van der Waals surface area contributed by atoms with Crippen LogP contribution in [0.2, 0.25) is 0 Å². The first-order valence-corrected chi connectivity index (χ1v) is 15.0. The van der Waals surface area contributed by atoms with E-state index < -0.39 is 24.2 Å². The van der Waals surface area contributed by atoms with E-state index in [1.807, 2.05) is 30.3 Å². The predicted octanol–water partition coefficient (Wildman–Crippen LogP) is 7.27. The van der Waals surface area contributed by atoms with Crippen LogP contribution < -0.4 is 10.1 Å². The lowest BCUT2D eigenvalue weighted by molar-refractivity contribution is -0.127. The lowest BCUT2D eigenvalue weighted by Gasteiger charge is -2.27. The first-order chi connectivity index (χ1) is 19.7. The number of hydrogen-bond acceptors (Lipinski definition) is 4. The number of nitrogens with one attached hydrogen (secondary N) is 1. The van der Waals surface area contributed by atoms with Crippen LogP contribution >= 0.6 is 0 Å². The van der Waals surface area contributed by atoms with Gasteiger partial charge >= 0.3 is 0 Å². The van der Waals surface area contributed by atoms with Crippen LogP contribution in [0.4, 0.5) is 13.2 Å². The van der Waals surface area contributed by atoms with Crippen LogP contribution in [0.1, 0.15) is 94.3 Å². The molecule has 1 unspecified atom stereocenters. The maximum Gasteiger partial charge on any atom is 0.248 e. The molecule has 8 heteroatoms. The molecule has 4 atom stereocenters. The topological polar surface area (TPSA) is 75.6 Å². The first kappa shape index (κ1) is 31.1. The van der Waals surface area contributed by atoms with E-state index in [2.05, 4.69) is 5.32 Å². The van der Waals surface area contributed by atoms with Gasteiger partial charge < -0.3 is 15.2 Å². The molecule has 0 bridgehead atoms. The second-order valence-corrected chi connectivity index (χ2v) is 11.8. The Bertz CT molecular complexity index is 1100. The molecule has 4 rings (SSSR count). The minimum Gasteiger partial charge on any atom is -0.489 e. The summed E-state index contributed by atoms with van der Waals surface area (Å²) in [6, 6.07) is 16.4. The summed E-state index contributed by atoms with van der Waals surface area (Å²) in [5, 5.41) is 14.2. The van der Waals surface area contributed by atoms with Crippen molar-refractivity contribution < 1.29 is 32.6 Å². The number of amides is 1. The molecule has 0 radical (unpaired) electrons. The zero-order valence-corrected chi connectivity index (χ0v) is 23.6. The minimum atomic E-state index is -2.65. The maximum atomic E-state index is 13.9. The minimum absolute atomic E-state index is 0.00686. The Morgan fingerprint density at radius 2 is 1.63 bits per heavy atom. The fourth-order valence-corrected chi connectivity index (χ4v) is 6.02. The van der Waals surface area contributed by atoms with Gasteiger partial charge in [-0.05, 0) is 80.5 Å². The molecule has 41 heavy (non-hydrogen) atoms. The van der Waals surface area contributed by atoms with Gasteiger partial charge in [-0.15, -0.1) is 0 Å². The van der Waals surface area contributed by atoms with Crippen molar-refractivity contribution in [1.29, 1.82) is 0 Å². The number of ether oxygens (including phenoxy) is 1. The van der Waals surface area contributed by atoms with Gasteiger partial charge in [0.2, 0.25) is 11.8 Å². The average Bonchev–Trinajstić information content (AvgIpc) is 3.38. The summed E-state index contributed by atoms with van der Waals surface area (Å²) in [6.45, 7) is 0.426. The number of carbonyl (C=O) groups is 2. The van der Waals surface area contributed by atoms with Crippen LogP contribution in [-0.2, 0) is 16.2 Å². The van der Waals surface area contributed by atoms with Gasteiger partial charge in [0.15, 0.2) is 0 Å². The van der Waals surface area contributed by atoms with Crippen molar-refractivity contribution in [3.63, 3.8) is 0 Å². The summed E-state index contributed by atoms with van der Waals surface area (Å²) >= 11 is 0. The van der Waals surface area contributed by atoms with E-state index in [0.717, 1.165) is 12.0 Å². The highest BCUT2D eigenvalue weighted by Crippen LogP contribution is 2.37. The summed E-state index contributed by atoms with van der Waals surface area (Å²) in [6.07, 6.45) is 1.81. The zero-order chi connectivity index (χ0) is 29.2. The smallest absolute Gasteiger partial charge is 0.248 e. The molecule has 0 aromatic heterocycles. The van der Waals surface area contributed by atoms with E-state index in [9.17, 15) is 27.9 Å². The van der Waals surface area contributed by atoms with Crippen LogP contribution in [-0.4, -0.2) is 34.9 Å². The van der Waals surface area contributed by atoms with Crippen molar-refractivity contribution in [2.24, 2.45) is 11.8 Å². The molecule has 2 N–H and O–H groups in total. The Kier molecular flexibility index (Phi) is 11.3. The maximum absolute atomic E-state index is 13.9. The molecule has 2 aromatic carbocycles. The van der Waals surface area contributed by atoms with E-state index in [4.69, 9.17) is 4.74 Å². The van der Waals surface area contributed by atoms with Crippen LogP contribution in [0.3, 0.4) is 0 Å². The number of ketones is 1. The van der Waals surface area contributed by atoms with E-state index in [0.29, 0.717) is 50.0 Å². The van der Waals surface area contributed by atoms with Crippen molar-refractivity contribution in [2.75, 3.05) is 0 Å². The number of alkyl halides is 3. The number of aliphatic hydroxyl groups excluding tert-OH is 1. The van der Waals surface area contributed by atoms with Crippen LogP contribution in [0.5, 0.6) is 5.75 Å². The van der Waals surface area contributed by atoms with Gasteiger partial charge in [-0.25, -0.2) is 13.2 Å². The third-order valence-electron chi connectivity index (χ3n) is 8.51. The van der Waals surface area contributed by atoms with Crippen molar-refractivity contribution in [2.45, 2.75) is 108 Å². The van der Waals surface area contributed by atoms with Gasteiger partial charge in [-0.3, -0.25) is 9.59 Å². The van der Waals surface area contributed by atoms with Gasteiger partial charge in [0.25, 0.3) is 0 Å². The second kappa shape index (κ2) is 14.9. The van der Waals surface area contributed by atoms with Crippen LogP contribution in [0, 0.1) is 11.8 Å². The number of aliphatic hydroxyl groups is 1. The molecular weight excluding hydrogens is 531 g/mol. The monoisotopic (exact) mass is 573 g/mol. The van der Waals surface area contributed by atoms with Crippen LogP contribution in [0.25, 0.3) is 0 Å². The number of halogens is 3. The van der Waals surface area contributed by atoms with Gasteiger partial charge in [0, 0.05) is 31.6 Å². The summed E-state index contributed by atoms with van der Waals surface area (Å²) in [4.78, 5) is 25.3. The summed E-state index contributed by atoms with van der Waals surface area (Å²) in [5.41, 5.74) is 1.69. The standard InChI is InChI=1S/C33H42F3NO4/c34-27-13-10-24(20-27)21-29(32(40)26-11-14-28(15-12-26)41-22-23-6-2-1-3-7-23)37-31(39)9-5-4-8-30(38)25-16-18-33(35,36)19-17-25/h1-3,6-7,11-12,14-15,24-25,27,29,32,40H,4-5,8-10,13,16-22H2,(H,37,39)/t24?,27-,29-,32-/m1/s1. The summed E-state index contributed by atoms with van der Waals surface area (Å²) < 4.78 is 46.4. The van der Waals surface area contributed by atoms with Crippen molar-refractivity contribution >= 4 is 11.7 Å². The van der Waals surface area contributed by atoms with Crippen molar-refractivity contribution in [3.05, 3.63) is 65.7 Å². The highest BCUT2D eigenvalue weighted by atomic mass is 19.3. The molecule has 0 spiro atoms. The van der Waals surface area contributed by atoms with E-state index in [1.54, 1.807) is 24.3 Å². The number of rotatable bonds is 14. The number of unbranched alkanes of at least 4 members (excludes halogenated alkanes) is 1. The van der Waals surface area contributed by atoms with E-state index >= 15 is 0 Å². The average molecular weight is 574 g/mol. The van der Waals surface area contributed by atoms with Crippen LogP contribution in [0.15, 0.2) is 54.6 Å². The molecule has 0 heterocycles. The molecule has 0 saturated heterocycles. The van der Waals surface area contributed by atoms with Crippen molar-refractivity contribution in [1.82, 2.24) is 5.32 Å². The van der Waals surface area contributed by atoms with E-state index in [1.165, 1.54) is 0 Å². The third-order valence-corrected chi connectivity index (χ3v) is 8.51. The van der Waals surface area contributed by atoms with Crippen molar-refractivity contribution in [3.8, 4) is 5.75 Å². The SMILES string of the molecule is O=C(CCCCC(=O)C1CCC(F)(F)CC1)N[C@H](CC1CC[C@@H](F)C1)[C@H](O)c1ccc(OCc2ccccc2)cc1. The number of Topliss-reactive ketones (excluding diaryl/α,β-unsaturated/α-hetero) is 1. The molecule has 5 nitrogen and oxygen atoms in total. The molecule has 2 aromatic rings.